The van der Waals surface area contributed by atoms with Crippen LogP contribution in [0.5, 0.6) is 11.5 Å². The van der Waals surface area contributed by atoms with Crippen molar-refractivity contribution in [3.63, 3.8) is 0 Å². The van der Waals surface area contributed by atoms with E-state index in [0.717, 1.165) is 30.1 Å². The Morgan fingerprint density at radius 2 is 1.43 bits per heavy atom. The van der Waals surface area contributed by atoms with Gasteiger partial charge in [0.05, 0.1) is 12.5 Å². The molecule has 1 aromatic rings. The molecule has 0 amide bonds. The highest BCUT2D eigenvalue weighted by molar-refractivity contribution is 7.92. The van der Waals surface area contributed by atoms with E-state index in [4.69, 9.17) is 9.47 Å². The lowest BCUT2D eigenvalue weighted by Crippen LogP contribution is -2.23. The van der Waals surface area contributed by atoms with Gasteiger partial charge in [0.2, 0.25) is 6.79 Å². The molecule has 1 heterocycles. The highest BCUT2D eigenvalue weighted by Gasteiger charge is 2.19. The summed E-state index contributed by atoms with van der Waals surface area (Å²) in [4.78, 5) is 0. The van der Waals surface area contributed by atoms with Gasteiger partial charge in [-0.3, -0.25) is 0 Å². The minimum Gasteiger partial charge on any atom is -0.617 e. The van der Waals surface area contributed by atoms with E-state index in [1.54, 1.807) is 12.5 Å². The standard InChI is InChI=1S/C18H28O3S.C4H10.C2H6OS/c1-3-4-5-6-7-8-11-22(19)15(2)12-16-9-10-17-18(13-16)21-14-20-17;1-3-4-2;1-4(2)3/h9-10,13,15H,3-8,11-12,14H2,1-2H3;3-4H2,1-2H3;1-2H3. The Hall–Kier alpha value is -0.560. The van der Waals surface area contributed by atoms with Gasteiger partial charge in [-0.05, 0) is 37.5 Å². The third-order valence-electron chi connectivity index (χ3n) is 4.61. The van der Waals surface area contributed by atoms with Gasteiger partial charge in [0.25, 0.3) is 0 Å². The predicted molar refractivity (Wildman–Crippen MR) is 133 cm³/mol. The second kappa shape index (κ2) is 19.1. The maximum absolute atomic E-state index is 12.3. The average Bonchev–Trinajstić information content (AvgIpc) is 3.18. The minimum absolute atomic E-state index is 0.191. The highest BCUT2D eigenvalue weighted by Crippen LogP contribution is 2.33. The summed E-state index contributed by atoms with van der Waals surface area (Å²) in [5.41, 5.74) is 1.17. The van der Waals surface area contributed by atoms with Crippen molar-refractivity contribution in [1.82, 2.24) is 0 Å². The van der Waals surface area contributed by atoms with Crippen molar-refractivity contribution < 1.29 is 18.6 Å². The predicted octanol–water partition coefficient (Wildman–Crippen LogP) is 6.26. The quantitative estimate of drug-likeness (QED) is 0.289. The van der Waals surface area contributed by atoms with Gasteiger partial charge in [-0.25, -0.2) is 0 Å². The van der Waals surface area contributed by atoms with Crippen molar-refractivity contribution in [3.8, 4) is 11.5 Å². The van der Waals surface area contributed by atoms with Crippen molar-refractivity contribution >= 4 is 22.4 Å². The number of fused-ring (bicyclic) bond motifs is 1. The zero-order valence-electron chi connectivity index (χ0n) is 20.0. The summed E-state index contributed by atoms with van der Waals surface area (Å²) in [5.74, 6) is 2.45. The summed E-state index contributed by atoms with van der Waals surface area (Å²) < 4.78 is 32.6. The molecule has 0 aromatic heterocycles. The van der Waals surface area contributed by atoms with E-state index in [0.29, 0.717) is 6.79 Å². The second-order valence-electron chi connectivity index (χ2n) is 7.80. The fraction of sp³-hybridized carbons (Fsp3) is 0.750. The number of unbranched alkanes of at least 4 members (excludes halogenated alkanes) is 6. The molecular formula is C24H44O4S2. The van der Waals surface area contributed by atoms with Crippen LogP contribution in [0.4, 0.5) is 0 Å². The number of hydrogen-bond acceptors (Lipinski definition) is 4. The molecule has 0 spiro atoms. The van der Waals surface area contributed by atoms with Gasteiger partial charge in [0.1, 0.15) is 11.0 Å². The van der Waals surface area contributed by atoms with Gasteiger partial charge >= 0.3 is 0 Å². The van der Waals surface area contributed by atoms with Gasteiger partial charge in [-0.2, -0.15) is 0 Å². The van der Waals surface area contributed by atoms with E-state index in [1.807, 2.05) is 18.2 Å². The van der Waals surface area contributed by atoms with Crippen LogP contribution in [0.3, 0.4) is 0 Å². The Kier molecular flexibility index (Phi) is 18.8. The van der Waals surface area contributed by atoms with Crippen LogP contribution in [0.25, 0.3) is 0 Å². The van der Waals surface area contributed by atoms with Crippen LogP contribution in [-0.2, 0) is 28.8 Å². The van der Waals surface area contributed by atoms with E-state index in [-0.39, 0.29) is 5.25 Å². The molecule has 1 aliphatic rings. The van der Waals surface area contributed by atoms with Crippen molar-refractivity contribution in [2.45, 2.75) is 90.7 Å². The molecular weight excluding hydrogens is 416 g/mol. The SMILES string of the molecule is CCCC.CCCCCCCC[S+]([O-])C(C)Cc1ccc2c(c1)OCO2.C[S+](C)[O-]. The maximum Gasteiger partial charge on any atom is 0.231 e. The Labute approximate surface area is 191 Å². The largest absolute Gasteiger partial charge is 0.617 e. The van der Waals surface area contributed by atoms with Crippen molar-refractivity contribution in [3.05, 3.63) is 23.8 Å². The zero-order chi connectivity index (χ0) is 22.8. The van der Waals surface area contributed by atoms with E-state index in [9.17, 15) is 9.11 Å². The molecule has 0 radical (unpaired) electrons. The van der Waals surface area contributed by atoms with Crippen LogP contribution in [-0.4, -0.2) is 39.4 Å². The molecule has 30 heavy (non-hydrogen) atoms. The molecule has 0 saturated heterocycles. The zero-order valence-corrected chi connectivity index (χ0v) is 21.7. The maximum atomic E-state index is 12.3. The van der Waals surface area contributed by atoms with E-state index in [1.165, 1.54) is 50.5 Å². The van der Waals surface area contributed by atoms with Crippen LogP contribution in [0.2, 0.25) is 0 Å². The van der Waals surface area contributed by atoms with Crippen LogP contribution < -0.4 is 9.47 Å². The van der Waals surface area contributed by atoms with Crippen molar-refractivity contribution in [2.24, 2.45) is 0 Å². The van der Waals surface area contributed by atoms with Gasteiger partial charge in [-0.1, -0.05) is 87.7 Å². The normalized spacial score (nSPS) is 13.8. The Bertz CT molecular complexity index is 521. The number of rotatable bonds is 11. The molecule has 0 N–H and O–H groups in total. The number of benzene rings is 1. The molecule has 1 aliphatic heterocycles. The Morgan fingerprint density at radius 1 is 0.867 bits per heavy atom. The molecule has 176 valence electrons. The highest BCUT2D eigenvalue weighted by atomic mass is 32.2. The molecule has 0 bridgehead atoms. The Morgan fingerprint density at radius 3 is 2.03 bits per heavy atom. The molecule has 6 heteroatoms. The average molecular weight is 461 g/mol. The summed E-state index contributed by atoms with van der Waals surface area (Å²) in [6.45, 7) is 8.98. The molecule has 2 atom stereocenters. The smallest absolute Gasteiger partial charge is 0.231 e. The van der Waals surface area contributed by atoms with Crippen molar-refractivity contribution in [1.29, 1.82) is 0 Å². The minimum atomic E-state index is -0.743. The molecule has 0 aliphatic carbocycles. The summed E-state index contributed by atoms with van der Waals surface area (Å²) in [5, 5.41) is 0.191. The van der Waals surface area contributed by atoms with Crippen LogP contribution in [0.15, 0.2) is 18.2 Å². The number of hydrogen-bond donors (Lipinski definition) is 0. The lowest BCUT2D eigenvalue weighted by Gasteiger charge is -2.18. The monoisotopic (exact) mass is 460 g/mol. The van der Waals surface area contributed by atoms with Gasteiger partial charge in [0, 0.05) is 6.42 Å². The van der Waals surface area contributed by atoms with Gasteiger partial charge in [0.15, 0.2) is 11.5 Å². The van der Waals surface area contributed by atoms with E-state index in [2.05, 4.69) is 27.7 Å². The van der Waals surface area contributed by atoms with E-state index >= 15 is 0 Å². The fourth-order valence-corrected chi connectivity index (χ4v) is 3.99. The third-order valence-corrected chi connectivity index (χ3v) is 6.36. The molecule has 2 unspecified atom stereocenters. The van der Waals surface area contributed by atoms with E-state index < -0.39 is 22.4 Å². The lowest BCUT2D eigenvalue weighted by atomic mass is 10.1. The third kappa shape index (κ3) is 15.3. The molecule has 0 fully saturated rings. The molecule has 2 rings (SSSR count). The topological polar surface area (TPSA) is 64.6 Å². The van der Waals surface area contributed by atoms with Gasteiger partial charge < -0.3 is 18.6 Å². The van der Waals surface area contributed by atoms with Crippen LogP contribution in [0, 0.1) is 0 Å². The Balaban J connectivity index is 0.000000901. The summed E-state index contributed by atoms with van der Waals surface area (Å²) in [6, 6.07) is 6.01. The molecule has 1 aromatic carbocycles. The lowest BCUT2D eigenvalue weighted by molar-refractivity contribution is 0.174. The van der Waals surface area contributed by atoms with Crippen LogP contribution >= 0.6 is 0 Å². The summed E-state index contributed by atoms with van der Waals surface area (Å²) in [6.07, 6.45) is 14.2. The molecule has 4 nitrogen and oxygen atoms in total. The van der Waals surface area contributed by atoms with Crippen LogP contribution in [0.1, 0.15) is 84.6 Å². The first-order valence-electron chi connectivity index (χ1n) is 11.4. The van der Waals surface area contributed by atoms with Gasteiger partial charge in [-0.15, -0.1) is 0 Å². The first-order chi connectivity index (χ1) is 14.3. The van der Waals surface area contributed by atoms with Crippen molar-refractivity contribution in [2.75, 3.05) is 25.1 Å². The summed E-state index contributed by atoms with van der Waals surface area (Å²) in [7, 11) is 0. The summed E-state index contributed by atoms with van der Waals surface area (Å²) >= 11 is -1.35. The second-order valence-corrected chi connectivity index (χ2v) is 11.3. The first-order valence-corrected chi connectivity index (χ1v) is 14.7. The molecule has 0 saturated carbocycles. The first kappa shape index (κ1) is 29.4. The number of ether oxygens (including phenoxy) is 2. The fourth-order valence-electron chi connectivity index (χ4n) is 2.72.